The fourth-order valence-corrected chi connectivity index (χ4v) is 2.98. The van der Waals surface area contributed by atoms with Crippen LogP contribution in [0.3, 0.4) is 0 Å². The fourth-order valence-electron chi connectivity index (χ4n) is 2.98. The first kappa shape index (κ1) is 15.1. The van der Waals surface area contributed by atoms with Gasteiger partial charge in [0.05, 0.1) is 18.0 Å². The number of aromatic nitrogens is 1. The lowest BCUT2D eigenvalue weighted by Crippen LogP contribution is -2.42. The minimum Gasteiger partial charge on any atom is -0.392 e. The highest BCUT2D eigenvalue weighted by molar-refractivity contribution is 5.81. The van der Waals surface area contributed by atoms with Crippen molar-refractivity contribution < 1.29 is 18.3 Å². The first-order valence-electron chi connectivity index (χ1n) is 7.30. The predicted octanol–water partition coefficient (Wildman–Crippen LogP) is 3.51. The average molecular weight is 310 g/mol. The van der Waals surface area contributed by atoms with Crippen LogP contribution in [0.1, 0.15) is 18.4 Å². The Balaban J connectivity index is 1.97. The topological polar surface area (TPSA) is 36.4 Å². The number of aliphatic hydroxyl groups is 1. The van der Waals surface area contributed by atoms with E-state index in [0.29, 0.717) is 24.3 Å². The molecule has 2 aromatic rings. The largest absolute Gasteiger partial charge is 0.393 e. The Bertz CT molecular complexity index is 672. The molecule has 0 spiro atoms. The summed E-state index contributed by atoms with van der Waals surface area (Å²) < 4.78 is 38.9. The Morgan fingerprint density at radius 1 is 1.27 bits per heavy atom. The molecule has 3 nitrogen and oxygen atoms in total. The zero-order chi connectivity index (χ0) is 15.7. The van der Waals surface area contributed by atoms with Gasteiger partial charge in [-0.1, -0.05) is 18.2 Å². The van der Waals surface area contributed by atoms with Crippen molar-refractivity contribution in [1.29, 1.82) is 0 Å². The van der Waals surface area contributed by atoms with Gasteiger partial charge in [0.15, 0.2) is 0 Å². The first-order chi connectivity index (χ1) is 10.5. The molecule has 0 radical (unpaired) electrons. The summed E-state index contributed by atoms with van der Waals surface area (Å²) in [6, 6.07) is 9.21. The Morgan fingerprint density at radius 2 is 2.05 bits per heavy atom. The van der Waals surface area contributed by atoms with Gasteiger partial charge in [0.2, 0.25) is 0 Å². The zero-order valence-corrected chi connectivity index (χ0v) is 12.0. The normalized spacial score (nSPS) is 19.6. The standard InChI is InChI=1S/C16H17F3N2O/c17-16(18,19)13-5-3-7-21(9-13)15-12(10-22)8-11-4-1-2-6-14(11)20-15/h1-2,4,6,8,13,22H,3,5,7,9-10H2/t13-/m1/s1. The molecule has 1 fully saturated rings. The Labute approximate surface area is 126 Å². The summed E-state index contributed by atoms with van der Waals surface area (Å²) in [5.74, 6) is -0.865. The van der Waals surface area contributed by atoms with E-state index in [2.05, 4.69) is 4.98 Å². The molecule has 1 aliphatic rings. The van der Waals surface area contributed by atoms with Gasteiger partial charge in [-0.2, -0.15) is 13.2 Å². The lowest BCUT2D eigenvalue weighted by molar-refractivity contribution is -0.176. The van der Waals surface area contributed by atoms with Crippen LogP contribution in [0.4, 0.5) is 19.0 Å². The Hall–Kier alpha value is -1.82. The van der Waals surface area contributed by atoms with Crippen molar-refractivity contribution in [3.8, 4) is 0 Å². The van der Waals surface area contributed by atoms with Crippen LogP contribution in [0.5, 0.6) is 0 Å². The maximum absolute atomic E-state index is 13.0. The number of para-hydroxylation sites is 1. The van der Waals surface area contributed by atoms with Crippen molar-refractivity contribution in [3.63, 3.8) is 0 Å². The summed E-state index contributed by atoms with van der Waals surface area (Å²) in [4.78, 5) is 6.14. The molecular weight excluding hydrogens is 293 g/mol. The van der Waals surface area contributed by atoms with Crippen LogP contribution in [-0.4, -0.2) is 29.4 Å². The smallest absolute Gasteiger partial charge is 0.392 e. The SMILES string of the molecule is OCc1cc2ccccc2nc1N1CCC[C@@H](C(F)(F)F)C1. The van der Waals surface area contributed by atoms with Gasteiger partial charge in [-0.15, -0.1) is 0 Å². The number of benzene rings is 1. The third-order valence-electron chi connectivity index (χ3n) is 4.13. The van der Waals surface area contributed by atoms with E-state index in [-0.39, 0.29) is 19.6 Å². The zero-order valence-electron chi connectivity index (χ0n) is 12.0. The lowest BCUT2D eigenvalue weighted by Gasteiger charge is -2.35. The number of hydrogen-bond donors (Lipinski definition) is 1. The maximum atomic E-state index is 13.0. The van der Waals surface area contributed by atoms with Crippen LogP contribution in [0.15, 0.2) is 30.3 Å². The summed E-state index contributed by atoms with van der Waals surface area (Å²) in [5.41, 5.74) is 1.30. The van der Waals surface area contributed by atoms with Gasteiger partial charge in [0, 0.05) is 24.0 Å². The van der Waals surface area contributed by atoms with Gasteiger partial charge in [0.25, 0.3) is 0 Å². The van der Waals surface area contributed by atoms with Crippen LogP contribution < -0.4 is 4.90 Å². The molecule has 6 heteroatoms. The number of fused-ring (bicyclic) bond motifs is 1. The summed E-state index contributed by atoms with van der Waals surface area (Å²) >= 11 is 0. The van der Waals surface area contributed by atoms with Gasteiger partial charge < -0.3 is 10.0 Å². The summed E-state index contributed by atoms with van der Waals surface area (Å²) in [7, 11) is 0. The highest BCUT2D eigenvalue weighted by Crippen LogP contribution is 2.35. The van der Waals surface area contributed by atoms with Crippen molar-refractivity contribution in [2.45, 2.75) is 25.6 Å². The molecule has 22 heavy (non-hydrogen) atoms. The lowest BCUT2D eigenvalue weighted by atomic mass is 9.97. The monoisotopic (exact) mass is 310 g/mol. The number of piperidine rings is 1. The molecular formula is C16H17F3N2O. The van der Waals surface area contributed by atoms with Crippen LogP contribution in [-0.2, 0) is 6.61 Å². The molecule has 1 aromatic heterocycles. The quantitative estimate of drug-likeness (QED) is 0.922. The molecule has 1 aromatic carbocycles. The minimum absolute atomic E-state index is 0.0954. The second-order valence-electron chi connectivity index (χ2n) is 5.65. The van der Waals surface area contributed by atoms with Crippen LogP contribution in [0.2, 0.25) is 0 Å². The molecule has 118 valence electrons. The van der Waals surface area contributed by atoms with Gasteiger partial charge >= 0.3 is 6.18 Å². The summed E-state index contributed by atoms with van der Waals surface area (Å²) in [6.07, 6.45) is -3.56. The number of pyridine rings is 1. The van der Waals surface area contributed by atoms with Gasteiger partial charge in [-0.25, -0.2) is 4.98 Å². The van der Waals surface area contributed by atoms with Crippen LogP contribution in [0.25, 0.3) is 10.9 Å². The van der Waals surface area contributed by atoms with Crippen molar-refractivity contribution in [1.82, 2.24) is 4.98 Å². The molecule has 1 N–H and O–H groups in total. The van der Waals surface area contributed by atoms with E-state index >= 15 is 0 Å². The van der Waals surface area contributed by atoms with Gasteiger partial charge in [-0.3, -0.25) is 0 Å². The number of alkyl halides is 3. The van der Waals surface area contributed by atoms with Gasteiger partial charge in [-0.05, 0) is 25.0 Å². The summed E-state index contributed by atoms with van der Waals surface area (Å²) in [5, 5.41) is 10.4. The highest BCUT2D eigenvalue weighted by Gasteiger charge is 2.42. The molecule has 1 saturated heterocycles. The predicted molar refractivity (Wildman–Crippen MR) is 78.7 cm³/mol. The van der Waals surface area contributed by atoms with E-state index in [0.717, 1.165) is 10.9 Å². The van der Waals surface area contributed by atoms with E-state index in [4.69, 9.17) is 0 Å². The maximum Gasteiger partial charge on any atom is 0.393 e. The third-order valence-corrected chi connectivity index (χ3v) is 4.13. The molecule has 0 bridgehead atoms. The average Bonchev–Trinajstić information content (AvgIpc) is 2.53. The number of nitrogens with zero attached hydrogens (tertiary/aromatic N) is 2. The minimum atomic E-state index is -4.19. The Kier molecular flexibility index (Phi) is 3.95. The highest BCUT2D eigenvalue weighted by atomic mass is 19.4. The van der Waals surface area contributed by atoms with E-state index in [1.54, 1.807) is 11.0 Å². The molecule has 0 saturated carbocycles. The second-order valence-corrected chi connectivity index (χ2v) is 5.65. The number of rotatable bonds is 2. The third kappa shape index (κ3) is 2.88. The summed E-state index contributed by atoms with van der Waals surface area (Å²) in [6.45, 7) is 0.202. The van der Waals surface area contributed by atoms with E-state index in [1.165, 1.54) is 0 Å². The van der Waals surface area contributed by atoms with Crippen molar-refractivity contribution in [2.75, 3.05) is 18.0 Å². The second kappa shape index (κ2) is 5.76. The van der Waals surface area contributed by atoms with Crippen molar-refractivity contribution in [3.05, 3.63) is 35.9 Å². The molecule has 1 aliphatic heterocycles. The molecule has 0 amide bonds. The number of hydrogen-bond acceptors (Lipinski definition) is 3. The Morgan fingerprint density at radius 3 is 2.77 bits per heavy atom. The van der Waals surface area contributed by atoms with Crippen molar-refractivity contribution >= 4 is 16.7 Å². The molecule has 0 aliphatic carbocycles. The fraction of sp³-hybridized carbons (Fsp3) is 0.438. The number of anilines is 1. The van der Waals surface area contributed by atoms with E-state index in [9.17, 15) is 18.3 Å². The van der Waals surface area contributed by atoms with Gasteiger partial charge in [0.1, 0.15) is 5.82 Å². The van der Waals surface area contributed by atoms with E-state index in [1.807, 2.05) is 24.3 Å². The van der Waals surface area contributed by atoms with Crippen LogP contribution in [0, 0.1) is 5.92 Å². The van der Waals surface area contributed by atoms with Crippen LogP contribution >= 0.6 is 0 Å². The number of aliphatic hydroxyl groups excluding tert-OH is 1. The first-order valence-corrected chi connectivity index (χ1v) is 7.30. The molecule has 1 atom stereocenters. The molecule has 0 unspecified atom stereocenters. The number of halogens is 3. The van der Waals surface area contributed by atoms with E-state index < -0.39 is 12.1 Å². The molecule has 2 heterocycles. The molecule has 3 rings (SSSR count). The van der Waals surface area contributed by atoms with Crippen molar-refractivity contribution in [2.24, 2.45) is 5.92 Å².